The second-order valence-corrected chi connectivity index (χ2v) is 4.73. The fourth-order valence-electron chi connectivity index (χ4n) is 2.33. The smallest absolute Gasteiger partial charge is 0.550 e. The van der Waals surface area contributed by atoms with E-state index in [1.165, 1.54) is 6.26 Å². The molecule has 0 spiro atoms. The first kappa shape index (κ1) is 17.1. The maximum atomic E-state index is 12.6. The summed E-state index contributed by atoms with van der Waals surface area (Å²) >= 11 is 0. The Kier molecular flexibility index (Phi) is 5.72. The van der Waals surface area contributed by atoms with Gasteiger partial charge in [0.1, 0.15) is 5.58 Å². The van der Waals surface area contributed by atoms with Gasteiger partial charge in [-0.05, 0) is 23.8 Å². The molecule has 104 valence electrons. The van der Waals surface area contributed by atoms with Crippen molar-refractivity contribution in [3.05, 3.63) is 71.5 Å². The van der Waals surface area contributed by atoms with Gasteiger partial charge < -0.3 is 14.3 Å². The molecular formula is C17H11KO4. The van der Waals surface area contributed by atoms with Crippen LogP contribution in [0.25, 0.3) is 11.0 Å². The summed E-state index contributed by atoms with van der Waals surface area (Å²) in [6.45, 7) is 0. The third-order valence-corrected chi connectivity index (χ3v) is 3.24. The van der Waals surface area contributed by atoms with Gasteiger partial charge in [0.25, 0.3) is 0 Å². The quantitative estimate of drug-likeness (QED) is 0.455. The van der Waals surface area contributed by atoms with Crippen molar-refractivity contribution < 1.29 is 70.5 Å². The predicted octanol–water partition coefficient (Wildman–Crippen LogP) is -1.04. The summed E-state index contributed by atoms with van der Waals surface area (Å²) < 4.78 is 5.37. The van der Waals surface area contributed by atoms with Crippen molar-refractivity contribution in [2.45, 2.75) is 6.42 Å². The van der Waals surface area contributed by atoms with E-state index in [0.717, 1.165) is 0 Å². The van der Waals surface area contributed by atoms with Crippen LogP contribution in [-0.2, 0) is 11.2 Å². The van der Waals surface area contributed by atoms with Gasteiger partial charge >= 0.3 is 51.4 Å². The van der Waals surface area contributed by atoms with E-state index in [1.54, 1.807) is 42.5 Å². The molecule has 0 amide bonds. The van der Waals surface area contributed by atoms with Gasteiger partial charge in [-0.3, -0.25) is 4.79 Å². The summed E-state index contributed by atoms with van der Waals surface area (Å²) in [5, 5.41) is 11.5. The molecule has 5 heteroatoms. The standard InChI is InChI=1S/C17H12O4.K/c18-15(19)10-11-8-13-6-7-21-17(13)14(9-11)16(20)12-4-2-1-3-5-12;/h1-9H,10H2,(H,18,19);/q;+1/p-1. The molecule has 0 unspecified atom stereocenters. The monoisotopic (exact) mass is 318 g/mol. The maximum absolute atomic E-state index is 12.6. The first-order chi connectivity index (χ1) is 10.1. The Bertz CT molecular complexity index is 821. The molecule has 0 bridgehead atoms. The summed E-state index contributed by atoms with van der Waals surface area (Å²) in [6, 6.07) is 13.7. The van der Waals surface area contributed by atoms with Gasteiger partial charge in [-0.1, -0.05) is 30.3 Å². The Morgan fingerprint density at radius 3 is 2.45 bits per heavy atom. The minimum atomic E-state index is -1.18. The minimum absolute atomic E-state index is 0. The Morgan fingerprint density at radius 2 is 1.77 bits per heavy atom. The normalized spacial score (nSPS) is 10.2. The number of carbonyl (C=O) groups is 2. The van der Waals surface area contributed by atoms with Crippen LogP contribution in [0.1, 0.15) is 21.5 Å². The minimum Gasteiger partial charge on any atom is -0.550 e. The van der Waals surface area contributed by atoms with Crippen LogP contribution >= 0.6 is 0 Å². The average molecular weight is 318 g/mol. The fourth-order valence-corrected chi connectivity index (χ4v) is 2.33. The van der Waals surface area contributed by atoms with E-state index in [0.29, 0.717) is 27.7 Å². The van der Waals surface area contributed by atoms with Crippen molar-refractivity contribution in [3.8, 4) is 0 Å². The summed E-state index contributed by atoms with van der Waals surface area (Å²) in [7, 11) is 0. The van der Waals surface area contributed by atoms with Crippen LogP contribution in [0.2, 0.25) is 0 Å². The van der Waals surface area contributed by atoms with Gasteiger partial charge in [0.05, 0.1) is 11.8 Å². The summed E-state index contributed by atoms with van der Waals surface area (Å²) in [6.07, 6.45) is 1.24. The van der Waals surface area contributed by atoms with Crippen LogP contribution in [0.4, 0.5) is 0 Å². The first-order valence-corrected chi connectivity index (χ1v) is 6.45. The number of rotatable bonds is 4. The summed E-state index contributed by atoms with van der Waals surface area (Å²) in [5.74, 6) is -1.38. The van der Waals surface area contributed by atoms with E-state index in [1.807, 2.05) is 6.07 Å². The van der Waals surface area contributed by atoms with Crippen LogP contribution in [0.15, 0.2) is 59.2 Å². The molecule has 0 saturated heterocycles. The summed E-state index contributed by atoms with van der Waals surface area (Å²) in [4.78, 5) is 23.3. The molecule has 2 aromatic carbocycles. The molecular weight excluding hydrogens is 307 g/mol. The largest absolute Gasteiger partial charge is 1.00 e. The number of ketones is 1. The molecule has 1 heterocycles. The third-order valence-electron chi connectivity index (χ3n) is 3.24. The number of carbonyl (C=O) groups excluding carboxylic acids is 2. The number of hydrogen-bond donors (Lipinski definition) is 0. The van der Waals surface area contributed by atoms with Crippen LogP contribution in [0.5, 0.6) is 0 Å². The van der Waals surface area contributed by atoms with Gasteiger partial charge in [0.2, 0.25) is 0 Å². The maximum Gasteiger partial charge on any atom is 1.00 e. The molecule has 0 aliphatic rings. The number of fused-ring (bicyclic) bond motifs is 1. The van der Waals surface area contributed by atoms with E-state index in [4.69, 9.17) is 4.42 Å². The second-order valence-electron chi connectivity index (χ2n) is 4.73. The fraction of sp³-hybridized carbons (Fsp3) is 0.0588. The number of hydrogen-bond acceptors (Lipinski definition) is 4. The molecule has 0 radical (unpaired) electrons. The summed E-state index contributed by atoms with van der Waals surface area (Å²) in [5.41, 5.74) is 1.87. The molecule has 0 atom stereocenters. The number of benzene rings is 2. The molecule has 0 N–H and O–H groups in total. The second kappa shape index (κ2) is 7.35. The van der Waals surface area contributed by atoms with E-state index in [-0.39, 0.29) is 63.6 Å². The zero-order valence-corrected chi connectivity index (χ0v) is 15.2. The third kappa shape index (κ3) is 3.56. The number of furan rings is 1. The van der Waals surface area contributed by atoms with Crippen LogP contribution in [-0.4, -0.2) is 11.8 Å². The van der Waals surface area contributed by atoms with Crippen LogP contribution < -0.4 is 56.5 Å². The number of aliphatic carboxylic acids is 1. The first-order valence-electron chi connectivity index (χ1n) is 6.45. The van der Waals surface area contributed by atoms with Gasteiger partial charge in [0.15, 0.2) is 5.78 Å². The topological polar surface area (TPSA) is 70.3 Å². The zero-order valence-electron chi connectivity index (χ0n) is 12.0. The molecule has 22 heavy (non-hydrogen) atoms. The van der Waals surface area contributed by atoms with Crippen molar-refractivity contribution in [1.82, 2.24) is 0 Å². The van der Waals surface area contributed by atoms with E-state index < -0.39 is 5.97 Å². The van der Waals surface area contributed by atoms with E-state index in [9.17, 15) is 14.7 Å². The van der Waals surface area contributed by atoms with Crippen molar-refractivity contribution >= 4 is 22.7 Å². The van der Waals surface area contributed by atoms with Gasteiger partial charge in [0, 0.05) is 23.3 Å². The van der Waals surface area contributed by atoms with Crippen molar-refractivity contribution in [3.63, 3.8) is 0 Å². The number of carboxylic acids is 1. The molecule has 0 saturated carbocycles. The molecule has 3 aromatic rings. The molecule has 1 aromatic heterocycles. The van der Waals surface area contributed by atoms with Crippen molar-refractivity contribution in [2.75, 3.05) is 0 Å². The van der Waals surface area contributed by atoms with E-state index in [2.05, 4.69) is 0 Å². The average Bonchev–Trinajstić information content (AvgIpc) is 2.94. The Balaban J connectivity index is 0.00000176. The van der Waals surface area contributed by atoms with E-state index >= 15 is 0 Å². The Hall–Kier alpha value is -1.24. The zero-order chi connectivity index (χ0) is 14.8. The molecule has 3 rings (SSSR count). The van der Waals surface area contributed by atoms with Gasteiger partial charge in [-0.15, -0.1) is 0 Å². The molecule has 0 aliphatic heterocycles. The Labute approximate surface area is 169 Å². The van der Waals surface area contributed by atoms with Crippen molar-refractivity contribution in [2.24, 2.45) is 0 Å². The number of carboxylic acid groups (broad SMARTS) is 1. The predicted molar refractivity (Wildman–Crippen MR) is 74.8 cm³/mol. The van der Waals surface area contributed by atoms with Gasteiger partial charge in [-0.2, -0.15) is 0 Å². The van der Waals surface area contributed by atoms with Crippen molar-refractivity contribution in [1.29, 1.82) is 0 Å². The molecule has 4 nitrogen and oxygen atoms in total. The van der Waals surface area contributed by atoms with Gasteiger partial charge in [-0.25, -0.2) is 0 Å². The SMILES string of the molecule is O=C([O-])Cc1cc(C(=O)c2ccccc2)c2occc2c1.[K+]. The van der Waals surface area contributed by atoms with Crippen LogP contribution in [0.3, 0.4) is 0 Å². The molecule has 0 fully saturated rings. The Morgan fingerprint density at radius 1 is 1.05 bits per heavy atom. The van der Waals surface area contributed by atoms with Crippen LogP contribution in [0, 0.1) is 0 Å². The molecule has 0 aliphatic carbocycles.